The van der Waals surface area contributed by atoms with Gasteiger partial charge in [-0.1, -0.05) is 54.1 Å². The third kappa shape index (κ3) is 8.18. The first-order valence-electron chi connectivity index (χ1n) is 15.5. The molecule has 0 spiro atoms. The number of rotatable bonds is 8. The summed E-state index contributed by atoms with van der Waals surface area (Å²) < 4.78 is 7.39. The predicted molar refractivity (Wildman–Crippen MR) is 170 cm³/mol. The average Bonchev–Trinajstić information content (AvgIpc) is 3.43. The summed E-state index contributed by atoms with van der Waals surface area (Å²) in [5.41, 5.74) is 3.02. The number of nitrogens with zero attached hydrogens (tertiary/aromatic N) is 4. The van der Waals surface area contributed by atoms with E-state index in [1.54, 1.807) is 11.1 Å². The number of halogens is 1. The summed E-state index contributed by atoms with van der Waals surface area (Å²) in [4.78, 5) is 30.4. The number of ether oxygens (including phenoxy) is 1. The van der Waals surface area contributed by atoms with Crippen molar-refractivity contribution in [1.82, 2.24) is 24.9 Å². The first-order valence-corrected chi connectivity index (χ1v) is 15.9. The summed E-state index contributed by atoms with van der Waals surface area (Å²) >= 11 is 6.57. The lowest BCUT2D eigenvalue weighted by Gasteiger charge is -2.34. The highest BCUT2D eigenvalue weighted by atomic mass is 35.5. The SMILES string of the molecule is CC(C)(C)OC(=O)N1CCC(c2c(C(=O)NCCN3CCC(Cc4ccccc4)CC3)cnn2-c2ccccc2Cl)CC1. The van der Waals surface area contributed by atoms with Crippen LogP contribution in [0.25, 0.3) is 5.69 Å². The van der Waals surface area contributed by atoms with Gasteiger partial charge in [-0.3, -0.25) is 4.79 Å². The van der Waals surface area contributed by atoms with Gasteiger partial charge in [0.2, 0.25) is 0 Å². The summed E-state index contributed by atoms with van der Waals surface area (Å²) in [6.45, 7) is 10.2. The molecular weight excluding hydrogens is 562 g/mol. The van der Waals surface area contributed by atoms with E-state index in [2.05, 4.69) is 45.6 Å². The van der Waals surface area contributed by atoms with Crippen LogP contribution in [0.3, 0.4) is 0 Å². The molecule has 1 aromatic heterocycles. The minimum absolute atomic E-state index is 0.0434. The first kappa shape index (κ1) is 31.1. The molecule has 2 aliphatic rings. The summed E-state index contributed by atoms with van der Waals surface area (Å²) in [6.07, 6.45) is 6.26. The van der Waals surface area contributed by atoms with Gasteiger partial charge in [0, 0.05) is 32.1 Å². The maximum Gasteiger partial charge on any atom is 0.410 e. The van der Waals surface area contributed by atoms with Crippen molar-refractivity contribution in [3.8, 4) is 5.69 Å². The number of aromatic nitrogens is 2. The quantitative estimate of drug-likeness (QED) is 0.325. The number of carbonyl (C=O) groups is 2. The van der Waals surface area contributed by atoms with Crippen LogP contribution in [0.4, 0.5) is 4.79 Å². The van der Waals surface area contributed by atoms with E-state index >= 15 is 0 Å². The van der Waals surface area contributed by atoms with Crippen LogP contribution >= 0.6 is 11.6 Å². The van der Waals surface area contributed by atoms with Crippen molar-refractivity contribution in [3.05, 3.63) is 82.6 Å². The van der Waals surface area contributed by atoms with E-state index in [-0.39, 0.29) is 17.9 Å². The maximum atomic E-state index is 13.6. The van der Waals surface area contributed by atoms with E-state index in [0.29, 0.717) is 49.0 Å². The zero-order valence-corrected chi connectivity index (χ0v) is 26.4. The minimum atomic E-state index is -0.542. The fourth-order valence-electron chi connectivity index (χ4n) is 6.19. The second kappa shape index (κ2) is 14.0. The smallest absolute Gasteiger partial charge is 0.410 e. The van der Waals surface area contributed by atoms with Crippen LogP contribution in [0.1, 0.15) is 74.0 Å². The molecule has 0 aliphatic carbocycles. The van der Waals surface area contributed by atoms with Gasteiger partial charge >= 0.3 is 6.09 Å². The lowest BCUT2D eigenvalue weighted by Crippen LogP contribution is -2.42. The summed E-state index contributed by atoms with van der Waals surface area (Å²) in [5, 5.41) is 8.37. The topological polar surface area (TPSA) is 79.7 Å². The minimum Gasteiger partial charge on any atom is -0.444 e. The molecule has 1 N–H and O–H groups in total. The molecular formula is C34H44ClN5O3. The van der Waals surface area contributed by atoms with Crippen LogP contribution in [0.2, 0.25) is 5.02 Å². The number of amides is 2. The van der Waals surface area contributed by atoms with Gasteiger partial charge in [-0.25, -0.2) is 9.48 Å². The molecule has 43 heavy (non-hydrogen) atoms. The van der Waals surface area contributed by atoms with Gasteiger partial charge in [-0.15, -0.1) is 0 Å². The number of piperidine rings is 2. The molecule has 2 aliphatic heterocycles. The molecule has 8 nitrogen and oxygen atoms in total. The average molecular weight is 606 g/mol. The third-order valence-corrected chi connectivity index (χ3v) is 8.77. The Morgan fingerprint density at radius 2 is 1.63 bits per heavy atom. The molecule has 3 aromatic rings. The van der Waals surface area contributed by atoms with Crippen molar-refractivity contribution in [1.29, 1.82) is 0 Å². The van der Waals surface area contributed by atoms with E-state index in [1.165, 1.54) is 18.4 Å². The largest absolute Gasteiger partial charge is 0.444 e. The summed E-state index contributed by atoms with van der Waals surface area (Å²) in [6, 6.07) is 18.3. The molecule has 2 aromatic carbocycles. The number of likely N-dealkylation sites (tertiary alicyclic amines) is 2. The first-order chi connectivity index (χ1) is 20.7. The van der Waals surface area contributed by atoms with Crippen molar-refractivity contribution in [2.75, 3.05) is 39.3 Å². The molecule has 2 fully saturated rings. The van der Waals surface area contributed by atoms with Gasteiger partial charge in [-0.2, -0.15) is 5.10 Å². The molecule has 9 heteroatoms. The van der Waals surface area contributed by atoms with E-state index in [9.17, 15) is 9.59 Å². The summed E-state index contributed by atoms with van der Waals surface area (Å²) in [5.74, 6) is 0.636. The second-order valence-corrected chi connectivity index (χ2v) is 13.2. The lowest BCUT2D eigenvalue weighted by molar-refractivity contribution is 0.0203. The lowest BCUT2D eigenvalue weighted by atomic mass is 9.90. The highest BCUT2D eigenvalue weighted by Crippen LogP contribution is 2.34. The Bertz CT molecular complexity index is 1370. The monoisotopic (exact) mass is 605 g/mol. The molecule has 0 saturated carbocycles. The molecule has 0 atom stereocenters. The number of nitrogens with one attached hydrogen (secondary N) is 1. The van der Waals surface area contributed by atoms with Gasteiger partial charge in [-0.05, 0) is 89.6 Å². The molecule has 3 heterocycles. The fourth-order valence-corrected chi connectivity index (χ4v) is 6.40. The molecule has 5 rings (SSSR count). The Kier molecular flexibility index (Phi) is 10.1. The zero-order valence-electron chi connectivity index (χ0n) is 25.6. The number of hydrogen-bond acceptors (Lipinski definition) is 5. The maximum absolute atomic E-state index is 13.6. The Labute approximate surface area is 260 Å². The Hall–Kier alpha value is -3.36. The van der Waals surface area contributed by atoms with Crippen LogP contribution < -0.4 is 5.32 Å². The van der Waals surface area contributed by atoms with E-state index < -0.39 is 5.60 Å². The highest BCUT2D eigenvalue weighted by molar-refractivity contribution is 6.32. The van der Waals surface area contributed by atoms with Crippen molar-refractivity contribution in [2.24, 2.45) is 5.92 Å². The fraction of sp³-hybridized carbons (Fsp3) is 0.500. The van der Waals surface area contributed by atoms with Gasteiger partial charge in [0.05, 0.1) is 28.2 Å². The van der Waals surface area contributed by atoms with Crippen molar-refractivity contribution in [3.63, 3.8) is 0 Å². The van der Waals surface area contributed by atoms with Crippen LogP contribution in [-0.4, -0.2) is 76.5 Å². The normalized spacial score (nSPS) is 17.2. The van der Waals surface area contributed by atoms with E-state index in [4.69, 9.17) is 16.3 Å². The van der Waals surface area contributed by atoms with Crippen molar-refractivity contribution < 1.29 is 14.3 Å². The van der Waals surface area contributed by atoms with Crippen LogP contribution in [0.15, 0.2) is 60.8 Å². The van der Waals surface area contributed by atoms with Gasteiger partial charge in [0.1, 0.15) is 5.60 Å². The standard InChI is InChI=1S/C34H44ClN5O3/c1-34(2,3)43-33(42)39-20-15-27(16-21-39)31-28(24-37-40(31)30-12-8-7-11-29(30)35)32(41)36-17-22-38-18-13-26(14-19-38)23-25-9-5-4-6-10-25/h4-12,24,26-27H,13-23H2,1-3H3,(H,36,41). The van der Waals surface area contributed by atoms with Crippen LogP contribution in [-0.2, 0) is 11.2 Å². The third-order valence-electron chi connectivity index (χ3n) is 8.45. The van der Waals surface area contributed by atoms with E-state index in [0.717, 1.165) is 37.4 Å². The number of benzene rings is 2. The van der Waals surface area contributed by atoms with Crippen LogP contribution in [0, 0.1) is 5.92 Å². The zero-order chi connectivity index (χ0) is 30.4. The van der Waals surface area contributed by atoms with E-state index in [1.807, 2.05) is 49.7 Å². The van der Waals surface area contributed by atoms with Crippen LogP contribution in [0.5, 0.6) is 0 Å². The van der Waals surface area contributed by atoms with Gasteiger partial charge in [0.15, 0.2) is 0 Å². The number of para-hydroxylation sites is 1. The Balaban J connectivity index is 1.21. The molecule has 2 saturated heterocycles. The van der Waals surface area contributed by atoms with Crippen molar-refractivity contribution >= 4 is 23.6 Å². The molecule has 0 radical (unpaired) electrons. The summed E-state index contributed by atoms with van der Waals surface area (Å²) in [7, 11) is 0. The van der Waals surface area contributed by atoms with Gasteiger partial charge < -0.3 is 19.9 Å². The predicted octanol–water partition coefficient (Wildman–Crippen LogP) is 6.32. The Morgan fingerprint density at radius 1 is 0.953 bits per heavy atom. The van der Waals surface area contributed by atoms with Gasteiger partial charge in [0.25, 0.3) is 5.91 Å². The Morgan fingerprint density at radius 3 is 2.30 bits per heavy atom. The second-order valence-electron chi connectivity index (χ2n) is 12.8. The molecule has 0 bridgehead atoms. The molecule has 0 unspecified atom stereocenters. The van der Waals surface area contributed by atoms with Crippen molar-refractivity contribution in [2.45, 2.75) is 64.4 Å². The highest BCUT2D eigenvalue weighted by Gasteiger charge is 2.32. The molecule has 230 valence electrons. The number of hydrogen-bond donors (Lipinski definition) is 1. The number of carbonyl (C=O) groups excluding carboxylic acids is 2. The molecule has 2 amide bonds.